The maximum absolute atomic E-state index is 8.48. The summed E-state index contributed by atoms with van der Waals surface area (Å²) in [5.41, 5.74) is 0. The van der Waals surface area contributed by atoms with E-state index in [1.165, 1.54) is 15.1 Å². The second-order valence-electron chi connectivity index (χ2n) is 2.31. The molecule has 0 unspecified atom stereocenters. The normalized spacial score (nSPS) is 9.07. The molecular formula is C8H8BBrO2S2. The molecule has 0 aliphatic heterocycles. The standard InChI is InChI=1S/C4H5BO2S.C4H3BrS/c6-5(7)4-2-1-3-8-4;5-4-2-1-3-6-4/h1-3,6-7H;1-3H. The third-order valence-electron chi connectivity index (χ3n) is 1.28. The molecule has 0 aromatic carbocycles. The zero-order valence-corrected chi connectivity index (χ0v) is 10.3. The highest BCUT2D eigenvalue weighted by Crippen LogP contribution is 2.14. The molecule has 6 heteroatoms. The number of thiophene rings is 2. The van der Waals surface area contributed by atoms with Gasteiger partial charge in [0.05, 0.1) is 3.79 Å². The molecule has 0 saturated heterocycles. The molecule has 2 rings (SSSR count). The molecule has 0 bridgehead atoms. The van der Waals surface area contributed by atoms with Gasteiger partial charge in [0.25, 0.3) is 0 Å². The highest BCUT2D eigenvalue weighted by molar-refractivity contribution is 9.11. The minimum Gasteiger partial charge on any atom is -0.423 e. The van der Waals surface area contributed by atoms with Crippen molar-refractivity contribution in [2.24, 2.45) is 0 Å². The van der Waals surface area contributed by atoms with Gasteiger partial charge < -0.3 is 10.0 Å². The van der Waals surface area contributed by atoms with Crippen molar-refractivity contribution in [3.63, 3.8) is 0 Å². The molecular weight excluding hydrogens is 283 g/mol. The van der Waals surface area contributed by atoms with Gasteiger partial charge in [0.2, 0.25) is 0 Å². The highest BCUT2D eigenvalue weighted by Gasteiger charge is 2.09. The summed E-state index contributed by atoms with van der Waals surface area (Å²) in [6.07, 6.45) is 0. The zero-order chi connectivity index (χ0) is 10.4. The van der Waals surface area contributed by atoms with Crippen molar-refractivity contribution in [1.82, 2.24) is 0 Å². The van der Waals surface area contributed by atoms with Crippen LogP contribution in [0.5, 0.6) is 0 Å². The van der Waals surface area contributed by atoms with E-state index >= 15 is 0 Å². The number of hydrogen-bond donors (Lipinski definition) is 2. The Bertz CT molecular complexity index is 334. The molecule has 2 heterocycles. The van der Waals surface area contributed by atoms with Crippen molar-refractivity contribution < 1.29 is 10.0 Å². The van der Waals surface area contributed by atoms with Crippen LogP contribution < -0.4 is 4.78 Å². The summed E-state index contributed by atoms with van der Waals surface area (Å²) in [5, 5.41) is 20.8. The van der Waals surface area contributed by atoms with Crippen LogP contribution in [0.15, 0.2) is 38.8 Å². The molecule has 0 aliphatic rings. The monoisotopic (exact) mass is 290 g/mol. The third-order valence-corrected chi connectivity index (χ3v) is 3.68. The van der Waals surface area contributed by atoms with Crippen molar-refractivity contribution in [3.05, 3.63) is 38.8 Å². The van der Waals surface area contributed by atoms with Crippen LogP contribution in [0.2, 0.25) is 0 Å². The quantitative estimate of drug-likeness (QED) is 0.788. The van der Waals surface area contributed by atoms with Gasteiger partial charge in [0.1, 0.15) is 0 Å². The van der Waals surface area contributed by atoms with Crippen LogP contribution in [0.4, 0.5) is 0 Å². The second-order valence-corrected chi connectivity index (χ2v) is 5.61. The van der Waals surface area contributed by atoms with Crippen LogP contribution in [-0.2, 0) is 0 Å². The first kappa shape index (κ1) is 11.9. The van der Waals surface area contributed by atoms with E-state index in [9.17, 15) is 0 Å². The fourth-order valence-corrected chi connectivity index (χ4v) is 2.21. The van der Waals surface area contributed by atoms with Crippen LogP contribution in [-0.4, -0.2) is 17.2 Å². The topological polar surface area (TPSA) is 40.5 Å². The first-order valence-corrected chi connectivity index (χ1v) is 6.34. The van der Waals surface area contributed by atoms with Gasteiger partial charge in [-0.2, -0.15) is 11.3 Å². The SMILES string of the molecule is Brc1cccs1.OB(O)c1cccs1. The fourth-order valence-electron chi connectivity index (χ4n) is 0.697. The second kappa shape index (κ2) is 6.37. The van der Waals surface area contributed by atoms with Crippen molar-refractivity contribution in [1.29, 1.82) is 0 Å². The van der Waals surface area contributed by atoms with Gasteiger partial charge >= 0.3 is 7.12 Å². The molecule has 74 valence electrons. The van der Waals surface area contributed by atoms with E-state index in [2.05, 4.69) is 15.9 Å². The van der Waals surface area contributed by atoms with Crippen molar-refractivity contribution in [2.45, 2.75) is 0 Å². The summed E-state index contributed by atoms with van der Waals surface area (Å²) in [6.45, 7) is 0. The molecule has 0 atom stereocenters. The molecule has 14 heavy (non-hydrogen) atoms. The Kier molecular flexibility index (Phi) is 5.43. The number of rotatable bonds is 1. The molecule has 0 amide bonds. The zero-order valence-electron chi connectivity index (χ0n) is 7.13. The maximum atomic E-state index is 8.48. The Morgan fingerprint density at radius 1 is 1.07 bits per heavy atom. The van der Waals surface area contributed by atoms with E-state index in [1.54, 1.807) is 28.8 Å². The Hall–Kier alpha value is -0.135. The Balaban J connectivity index is 0.000000146. The predicted octanol–water partition coefficient (Wildman–Crippen LogP) is 1.94. The summed E-state index contributed by atoms with van der Waals surface area (Å²) in [6, 6.07) is 7.48. The van der Waals surface area contributed by atoms with E-state index in [4.69, 9.17) is 10.0 Å². The molecule has 2 aromatic rings. The lowest BCUT2D eigenvalue weighted by Gasteiger charge is -1.87. The summed E-state index contributed by atoms with van der Waals surface area (Å²) < 4.78 is 1.78. The van der Waals surface area contributed by atoms with Gasteiger partial charge in [0, 0.05) is 4.78 Å². The molecule has 2 aromatic heterocycles. The van der Waals surface area contributed by atoms with E-state index < -0.39 is 7.12 Å². The van der Waals surface area contributed by atoms with Gasteiger partial charge in [-0.1, -0.05) is 18.2 Å². The molecule has 0 aliphatic carbocycles. The Labute approximate surface area is 99.1 Å². The molecule has 0 spiro atoms. The average molecular weight is 291 g/mol. The van der Waals surface area contributed by atoms with E-state index in [1.807, 2.05) is 17.5 Å². The van der Waals surface area contributed by atoms with Crippen molar-refractivity contribution in [3.8, 4) is 0 Å². The summed E-state index contributed by atoms with van der Waals surface area (Å²) in [4.78, 5) is 0. The van der Waals surface area contributed by atoms with Crippen LogP contribution in [0.3, 0.4) is 0 Å². The lowest BCUT2D eigenvalue weighted by Crippen LogP contribution is -2.26. The molecule has 0 radical (unpaired) electrons. The fraction of sp³-hybridized carbons (Fsp3) is 0. The number of hydrogen-bond acceptors (Lipinski definition) is 4. The van der Waals surface area contributed by atoms with Crippen molar-refractivity contribution >= 4 is 50.5 Å². The summed E-state index contributed by atoms with van der Waals surface area (Å²) in [5.74, 6) is 0. The Morgan fingerprint density at radius 3 is 1.93 bits per heavy atom. The van der Waals surface area contributed by atoms with Crippen LogP contribution in [0.1, 0.15) is 0 Å². The molecule has 0 fully saturated rings. The van der Waals surface area contributed by atoms with E-state index in [-0.39, 0.29) is 0 Å². The maximum Gasteiger partial charge on any atom is 0.499 e. The average Bonchev–Trinajstić information content (AvgIpc) is 2.75. The first-order chi connectivity index (χ1) is 6.70. The van der Waals surface area contributed by atoms with Gasteiger partial charge in [-0.3, -0.25) is 0 Å². The third kappa shape index (κ3) is 4.39. The number of halogens is 1. The molecule has 0 saturated carbocycles. The van der Waals surface area contributed by atoms with Crippen molar-refractivity contribution in [2.75, 3.05) is 0 Å². The molecule has 2 N–H and O–H groups in total. The van der Waals surface area contributed by atoms with Gasteiger partial charge in [0.15, 0.2) is 0 Å². The molecule has 2 nitrogen and oxygen atoms in total. The minimum absolute atomic E-state index is 0.588. The van der Waals surface area contributed by atoms with Crippen LogP contribution in [0, 0.1) is 0 Å². The smallest absolute Gasteiger partial charge is 0.423 e. The van der Waals surface area contributed by atoms with E-state index in [0.717, 1.165) is 0 Å². The largest absolute Gasteiger partial charge is 0.499 e. The first-order valence-electron chi connectivity index (χ1n) is 3.78. The van der Waals surface area contributed by atoms with E-state index in [0.29, 0.717) is 4.78 Å². The predicted molar refractivity (Wildman–Crippen MR) is 66.2 cm³/mol. The van der Waals surface area contributed by atoms with Crippen LogP contribution in [0.25, 0.3) is 0 Å². The summed E-state index contributed by atoms with van der Waals surface area (Å²) in [7, 11) is -1.30. The summed E-state index contributed by atoms with van der Waals surface area (Å²) >= 11 is 6.33. The van der Waals surface area contributed by atoms with Gasteiger partial charge in [-0.15, -0.1) is 11.3 Å². The minimum atomic E-state index is -1.30. The van der Waals surface area contributed by atoms with Gasteiger partial charge in [-0.25, -0.2) is 0 Å². The lowest BCUT2D eigenvalue weighted by molar-refractivity contribution is 0.427. The van der Waals surface area contributed by atoms with Gasteiger partial charge in [-0.05, 0) is 32.8 Å². The lowest BCUT2D eigenvalue weighted by atomic mass is 9.90. The Morgan fingerprint density at radius 2 is 1.71 bits per heavy atom. The van der Waals surface area contributed by atoms with Crippen LogP contribution >= 0.6 is 38.6 Å². The highest BCUT2D eigenvalue weighted by atomic mass is 79.9.